The summed E-state index contributed by atoms with van der Waals surface area (Å²) in [5.74, 6) is 1.01. The summed E-state index contributed by atoms with van der Waals surface area (Å²) in [5.41, 5.74) is 0.883. The molecule has 1 aliphatic carbocycles. The van der Waals surface area contributed by atoms with Crippen molar-refractivity contribution in [3.8, 4) is 5.82 Å². The molecule has 1 N–H and O–H groups in total. The molecule has 0 saturated heterocycles. The van der Waals surface area contributed by atoms with Crippen molar-refractivity contribution in [1.82, 2.24) is 24.5 Å². The Hall–Kier alpha value is -3.17. The van der Waals surface area contributed by atoms with Crippen LogP contribution in [0.5, 0.6) is 0 Å². The fourth-order valence-electron chi connectivity index (χ4n) is 3.97. The molecule has 164 valence electrons. The number of aromatic nitrogens is 5. The molecule has 0 bridgehead atoms. The molecule has 3 aromatic rings. The molecule has 0 amide bonds. The van der Waals surface area contributed by atoms with Gasteiger partial charge in [0.05, 0.1) is 17.3 Å². The van der Waals surface area contributed by atoms with Gasteiger partial charge in [0.25, 0.3) is 5.56 Å². The van der Waals surface area contributed by atoms with Crippen LogP contribution < -0.4 is 10.9 Å². The van der Waals surface area contributed by atoms with E-state index in [2.05, 4.69) is 20.5 Å². The Kier molecular flexibility index (Phi) is 5.55. The maximum Gasteiger partial charge on any atom is 0.417 e. The number of nitrogens with zero attached hydrogens (tertiary/aromatic N) is 5. The standard InChI is InChI=1S/C21H23F3N6O/c1-13-11-14(2)29(27-13)19-9-10-20(31)30(28-19)17-6-4-16(5-7-17)26-18-8-3-15(12-25-18)21(22,23)24/h3,8-12,16-17H,4-7H2,1-2H3,(H,25,26). The maximum atomic E-state index is 12.7. The number of nitrogens with one attached hydrogen (secondary N) is 1. The molecule has 1 saturated carbocycles. The van der Waals surface area contributed by atoms with E-state index in [4.69, 9.17) is 0 Å². The van der Waals surface area contributed by atoms with E-state index in [1.807, 2.05) is 19.9 Å². The Morgan fingerprint density at radius 2 is 1.77 bits per heavy atom. The van der Waals surface area contributed by atoms with Crippen molar-refractivity contribution in [2.24, 2.45) is 0 Å². The summed E-state index contributed by atoms with van der Waals surface area (Å²) in [5, 5.41) is 12.2. The molecule has 0 aliphatic heterocycles. The molecule has 0 unspecified atom stereocenters. The summed E-state index contributed by atoms with van der Waals surface area (Å²) in [4.78, 5) is 16.3. The molecule has 1 fully saturated rings. The highest BCUT2D eigenvalue weighted by molar-refractivity contribution is 5.37. The normalized spacial score (nSPS) is 19.4. The number of hydrogen-bond donors (Lipinski definition) is 1. The lowest BCUT2D eigenvalue weighted by atomic mass is 9.91. The molecule has 1 aliphatic rings. The molecule has 3 heterocycles. The Balaban J connectivity index is 1.42. The lowest BCUT2D eigenvalue weighted by molar-refractivity contribution is -0.137. The molecule has 0 radical (unpaired) electrons. The van der Waals surface area contributed by atoms with Gasteiger partial charge in [-0.25, -0.2) is 14.3 Å². The zero-order valence-electron chi connectivity index (χ0n) is 17.2. The minimum atomic E-state index is -4.40. The average molecular weight is 432 g/mol. The molecule has 0 atom stereocenters. The molecular formula is C21H23F3N6O. The number of hydrogen-bond acceptors (Lipinski definition) is 5. The zero-order chi connectivity index (χ0) is 22.2. The van der Waals surface area contributed by atoms with Crippen LogP contribution in [0.4, 0.5) is 19.0 Å². The first-order valence-electron chi connectivity index (χ1n) is 10.1. The Labute approximate surface area is 176 Å². The average Bonchev–Trinajstić information content (AvgIpc) is 3.07. The van der Waals surface area contributed by atoms with Crippen LogP contribution in [0.3, 0.4) is 0 Å². The smallest absolute Gasteiger partial charge is 0.367 e. The van der Waals surface area contributed by atoms with Crippen LogP contribution in [0.1, 0.15) is 48.7 Å². The van der Waals surface area contributed by atoms with Gasteiger partial charge >= 0.3 is 6.18 Å². The summed E-state index contributed by atoms with van der Waals surface area (Å²) >= 11 is 0. The fraction of sp³-hybridized carbons (Fsp3) is 0.429. The molecule has 7 nitrogen and oxygen atoms in total. The van der Waals surface area contributed by atoms with E-state index in [1.165, 1.54) is 16.8 Å². The van der Waals surface area contributed by atoms with Gasteiger partial charge in [-0.15, -0.1) is 5.10 Å². The summed E-state index contributed by atoms with van der Waals surface area (Å²) < 4.78 is 41.3. The number of aryl methyl sites for hydroxylation is 2. The van der Waals surface area contributed by atoms with E-state index in [0.29, 0.717) is 11.6 Å². The van der Waals surface area contributed by atoms with Crippen LogP contribution in [0.2, 0.25) is 0 Å². The highest BCUT2D eigenvalue weighted by Crippen LogP contribution is 2.31. The molecule has 4 rings (SSSR count). The first-order chi connectivity index (χ1) is 14.7. The topological polar surface area (TPSA) is 77.6 Å². The van der Waals surface area contributed by atoms with Crippen molar-refractivity contribution in [2.75, 3.05) is 5.32 Å². The third-order valence-corrected chi connectivity index (χ3v) is 5.52. The van der Waals surface area contributed by atoms with E-state index >= 15 is 0 Å². The second-order valence-electron chi connectivity index (χ2n) is 7.89. The van der Waals surface area contributed by atoms with Gasteiger partial charge in [-0.05, 0) is 63.8 Å². The SMILES string of the molecule is Cc1cc(C)n(-c2ccc(=O)n(C3CCC(Nc4ccc(C(F)(F)F)cn4)CC3)n2)n1. The monoisotopic (exact) mass is 432 g/mol. The highest BCUT2D eigenvalue weighted by atomic mass is 19.4. The van der Waals surface area contributed by atoms with Crippen LogP contribution in [0, 0.1) is 13.8 Å². The van der Waals surface area contributed by atoms with Gasteiger partial charge in [0.1, 0.15) is 5.82 Å². The van der Waals surface area contributed by atoms with Gasteiger partial charge in [-0.3, -0.25) is 4.79 Å². The Morgan fingerprint density at radius 3 is 2.35 bits per heavy atom. The summed E-state index contributed by atoms with van der Waals surface area (Å²) in [7, 11) is 0. The van der Waals surface area contributed by atoms with Gasteiger partial charge in [0, 0.05) is 24.0 Å². The fourth-order valence-corrected chi connectivity index (χ4v) is 3.97. The van der Waals surface area contributed by atoms with Gasteiger partial charge in [0.2, 0.25) is 0 Å². The first-order valence-corrected chi connectivity index (χ1v) is 10.1. The predicted octanol–water partition coefficient (Wildman–Crippen LogP) is 4.06. The zero-order valence-corrected chi connectivity index (χ0v) is 17.2. The first kappa shape index (κ1) is 21.1. The second-order valence-corrected chi connectivity index (χ2v) is 7.89. The molecule has 0 spiro atoms. The number of pyridine rings is 1. The van der Waals surface area contributed by atoms with E-state index in [9.17, 15) is 18.0 Å². The third-order valence-electron chi connectivity index (χ3n) is 5.52. The summed E-state index contributed by atoms with van der Waals surface area (Å²) in [6.07, 6.45) is -0.595. The minimum absolute atomic E-state index is 0.0389. The lowest BCUT2D eigenvalue weighted by Gasteiger charge is -2.30. The largest absolute Gasteiger partial charge is 0.417 e. The van der Waals surface area contributed by atoms with Crippen LogP contribution in [0.15, 0.2) is 41.3 Å². The maximum absolute atomic E-state index is 12.7. The van der Waals surface area contributed by atoms with Crippen molar-refractivity contribution >= 4 is 5.82 Å². The van der Waals surface area contributed by atoms with Crippen LogP contribution in [-0.4, -0.2) is 30.6 Å². The van der Waals surface area contributed by atoms with E-state index < -0.39 is 11.7 Å². The molecule has 31 heavy (non-hydrogen) atoms. The van der Waals surface area contributed by atoms with Crippen LogP contribution in [0.25, 0.3) is 5.82 Å². The predicted molar refractivity (Wildman–Crippen MR) is 109 cm³/mol. The van der Waals surface area contributed by atoms with Crippen LogP contribution in [-0.2, 0) is 6.18 Å². The van der Waals surface area contributed by atoms with Gasteiger partial charge in [0.15, 0.2) is 5.82 Å². The van der Waals surface area contributed by atoms with Gasteiger partial charge < -0.3 is 5.32 Å². The van der Waals surface area contributed by atoms with Crippen LogP contribution >= 0.6 is 0 Å². The van der Waals surface area contributed by atoms with Gasteiger partial charge in [-0.1, -0.05) is 0 Å². The molecule has 10 heteroatoms. The number of anilines is 1. The van der Waals surface area contributed by atoms with E-state index in [0.717, 1.165) is 49.3 Å². The van der Waals surface area contributed by atoms with Crippen molar-refractivity contribution < 1.29 is 13.2 Å². The third kappa shape index (κ3) is 4.62. The van der Waals surface area contributed by atoms with Crippen molar-refractivity contribution in [2.45, 2.75) is 57.8 Å². The van der Waals surface area contributed by atoms with Crippen molar-refractivity contribution in [3.05, 3.63) is 63.8 Å². The molecule has 0 aromatic carbocycles. The number of rotatable bonds is 4. The number of halogens is 3. The lowest BCUT2D eigenvalue weighted by Crippen LogP contribution is -2.33. The minimum Gasteiger partial charge on any atom is -0.367 e. The van der Waals surface area contributed by atoms with Crippen molar-refractivity contribution in [1.29, 1.82) is 0 Å². The quantitative estimate of drug-likeness (QED) is 0.673. The van der Waals surface area contributed by atoms with E-state index in [-0.39, 0.29) is 17.6 Å². The van der Waals surface area contributed by atoms with Crippen molar-refractivity contribution in [3.63, 3.8) is 0 Å². The molecular weight excluding hydrogens is 409 g/mol. The Bertz CT molecular complexity index is 1110. The van der Waals surface area contributed by atoms with Gasteiger partial charge in [-0.2, -0.15) is 18.3 Å². The Morgan fingerprint density at radius 1 is 1.03 bits per heavy atom. The summed E-state index contributed by atoms with van der Waals surface area (Å²) in [6, 6.07) is 7.53. The number of alkyl halides is 3. The van der Waals surface area contributed by atoms with E-state index in [1.54, 1.807) is 10.7 Å². The second kappa shape index (κ2) is 8.16. The molecule has 3 aromatic heterocycles. The summed E-state index contributed by atoms with van der Waals surface area (Å²) in [6.45, 7) is 3.84. The highest BCUT2D eigenvalue weighted by Gasteiger charge is 2.31.